The first-order valence-electron chi connectivity index (χ1n) is 6.66. The maximum absolute atomic E-state index is 12.4. The van der Waals surface area contributed by atoms with Crippen LogP contribution in [0.3, 0.4) is 0 Å². The molecule has 0 spiro atoms. The monoisotopic (exact) mass is 331 g/mol. The molecule has 6 nitrogen and oxygen atoms in total. The van der Waals surface area contributed by atoms with Crippen LogP contribution in [0.5, 0.6) is 0 Å². The molecule has 1 heterocycles. The molecule has 1 N–H and O–H groups in total. The normalized spacial score (nSPS) is 22.8. The number of hydrogen-bond donors (Lipinski definition) is 1. The minimum absolute atomic E-state index is 0.0488. The van der Waals surface area contributed by atoms with E-state index in [1.54, 1.807) is 0 Å². The zero-order valence-corrected chi connectivity index (χ0v) is 13.2. The molecule has 0 unspecified atom stereocenters. The molecule has 1 aliphatic carbocycles. The maximum Gasteiger partial charge on any atom is 0.243 e. The van der Waals surface area contributed by atoms with Crippen LogP contribution in [0.1, 0.15) is 12.8 Å². The second kappa shape index (κ2) is 4.52. The lowest BCUT2D eigenvalue weighted by atomic mass is 9.91. The van der Waals surface area contributed by atoms with Gasteiger partial charge in [-0.2, -0.15) is 4.31 Å². The summed E-state index contributed by atoms with van der Waals surface area (Å²) in [7, 11) is -7.01. The molecule has 1 aromatic rings. The predicted molar refractivity (Wildman–Crippen MR) is 76.0 cm³/mol. The molecule has 21 heavy (non-hydrogen) atoms. The van der Waals surface area contributed by atoms with E-state index in [4.69, 9.17) is 0 Å². The number of benzene rings is 1. The molecule has 0 atom stereocenters. The summed E-state index contributed by atoms with van der Waals surface area (Å²) in [6.07, 6.45) is 2.97. The van der Waals surface area contributed by atoms with E-state index in [9.17, 15) is 21.9 Å². The van der Waals surface area contributed by atoms with Crippen LogP contribution in [-0.4, -0.2) is 51.2 Å². The number of β-amino-alcohol motifs (C(OH)–C–C–N with tert-alkyl or cyclic N) is 1. The Bertz CT molecular complexity index is 757. The molecule has 2 aliphatic rings. The van der Waals surface area contributed by atoms with E-state index in [1.807, 2.05) is 0 Å². The smallest absolute Gasteiger partial charge is 0.243 e. The van der Waals surface area contributed by atoms with Crippen LogP contribution in [0.15, 0.2) is 34.1 Å². The first-order valence-corrected chi connectivity index (χ1v) is 9.99. The molecule has 116 valence electrons. The average Bonchev–Trinajstić information content (AvgIpc) is 3.18. The van der Waals surface area contributed by atoms with Crippen LogP contribution in [0, 0.1) is 5.92 Å². The van der Waals surface area contributed by atoms with Crippen molar-refractivity contribution >= 4 is 19.9 Å². The quantitative estimate of drug-likeness (QED) is 0.853. The third kappa shape index (κ3) is 2.61. The third-order valence-electron chi connectivity index (χ3n) is 4.13. The second-order valence-corrected chi connectivity index (χ2v) is 9.85. The largest absolute Gasteiger partial charge is 0.387 e. The molecule has 1 aliphatic heterocycles. The van der Waals surface area contributed by atoms with Crippen LogP contribution in [0.4, 0.5) is 0 Å². The average molecular weight is 331 g/mol. The molecule has 2 fully saturated rings. The van der Waals surface area contributed by atoms with Crippen molar-refractivity contribution in [2.45, 2.75) is 28.2 Å². The van der Waals surface area contributed by atoms with Crippen molar-refractivity contribution < 1.29 is 21.9 Å². The van der Waals surface area contributed by atoms with Crippen molar-refractivity contribution in [2.24, 2.45) is 5.92 Å². The summed E-state index contributed by atoms with van der Waals surface area (Å²) < 4.78 is 48.7. The first-order chi connectivity index (χ1) is 9.63. The summed E-state index contributed by atoms with van der Waals surface area (Å²) in [6, 6.07) is 5.16. The minimum Gasteiger partial charge on any atom is -0.387 e. The van der Waals surface area contributed by atoms with Gasteiger partial charge in [-0.3, -0.25) is 0 Å². The highest BCUT2D eigenvalue weighted by molar-refractivity contribution is 7.90. The number of aliphatic hydroxyl groups is 1. The van der Waals surface area contributed by atoms with Gasteiger partial charge in [0, 0.05) is 19.3 Å². The lowest BCUT2D eigenvalue weighted by Crippen LogP contribution is -2.64. The van der Waals surface area contributed by atoms with Gasteiger partial charge >= 0.3 is 0 Å². The van der Waals surface area contributed by atoms with Crippen LogP contribution >= 0.6 is 0 Å². The summed E-state index contributed by atoms with van der Waals surface area (Å²) in [5.74, 6) is 0.219. The van der Waals surface area contributed by atoms with E-state index in [1.165, 1.54) is 28.6 Å². The van der Waals surface area contributed by atoms with Gasteiger partial charge < -0.3 is 5.11 Å². The van der Waals surface area contributed by atoms with Gasteiger partial charge in [-0.15, -0.1) is 0 Å². The molecular formula is C13H17NO5S2. The first kappa shape index (κ1) is 15.0. The van der Waals surface area contributed by atoms with Gasteiger partial charge in [0.15, 0.2) is 9.84 Å². The molecule has 1 saturated carbocycles. The molecule has 3 rings (SSSR count). The number of hydrogen-bond acceptors (Lipinski definition) is 5. The fourth-order valence-corrected chi connectivity index (χ4v) is 4.82. The van der Waals surface area contributed by atoms with E-state index in [2.05, 4.69) is 0 Å². The third-order valence-corrected chi connectivity index (χ3v) is 7.06. The Balaban J connectivity index is 1.80. The lowest BCUT2D eigenvalue weighted by molar-refractivity contribution is -0.0764. The van der Waals surface area contributed by atoms with Gasteiger partial charge in [-0.1, -0.05) is 0 Å². The van der Waals surface area contributed by atoms with Crippen LogP contribution in [-0.2, 0) is 19.9 Å². The Labute approximate surface area is 124 Å². The Morgan fingerprint density at radius 2 is 1.52 bits per heavy atom. The van der Waals surface area contributed by atoms with Crippen LogP contribution < -0.4 is 0 Å². The Morgan fingerprint density at radius 1 is 1.05 bits per heavy atom. The van der Waals surface area contributed by atoms with Gasteiger partial charge in [0.05, 0.1) is 15.4 Å². The van der Waals surface area contributed by atoms with E-state index in [0.29, 0.717) is 0 Å². The summed E-state index contributed by atoms with van der Waals surface area (Å²) >= 11 is 0. The second-order valence-electron chi connectivity index (χ2n) is 5.89. The SMILES string of the molecule is CS(=O)(=O)c1ccc(S(=O)(=O)N2CC(O)(C3CC3)C2)cc1. The summed E-state index contributed by atoms with van der Waals surface area (Å²) in [4.78, 5) is 0.132. The summed E-state index contributed by atoms with van der Waals surface area (Å²) in [5.41, 5.74) is -0.875. The zero-order valence-electron chi connectivity index (χ0n) is 11.6. The predicted octanol–water partition coefficient (Wildman–Crippen LogP) is 0.235. The molecule has 0 aromatic heterocycles. The number of sulfone groups is 1. The molecule has 0 bridgehead atoms. The van der Waals surface area contributed by atoms with E-state index in [-0.39, 0.29) is 28.8 Å². The van der Waals surface area contributed by atoms with Crippen molar-refractivity contribution in [2.75, 3.05) is 19.3 Å². The highest BCUT2D eigenvalue weighted by Gasteiger charge is 2.55. The molecule has 1 aromatic carbocycles. The molecule has 1 saturated heterocycles. The van der Waals surface area contributed by atoms with Gasteiger partial charge in [-0.25, -0.2) is 16.8 Å². The number of sulfonamides is 1. The number of nitrogens with zero attached hydrogens (tertiary/aromatic N) is 1. The van der Waals surface area contributed by atoms with E-state index in [0.717, 1.165) is 19.1 Å². The summed E-state index contributed by atoms with van der Waals surface area (Å²) in [6.45, 7) is 0.238. The van der Waals surface area contributed by atoms with E-state index >= 15 is 0 Å². The van der Waals surface area contributed by atoms with Crippen LogP contribution in [0.2, 0.25) is 0 Å². The van der Waals surface area contributed by atoms with Gasteiger partial charge in [0.25, 0.3) is 0 Å². The number of rotatable bonds is 4. The van der Waals surface area contributed by atoms with Crippen molar-refractivity contribution in [1.82, 2.24) is 4.31 Å². The highest BCUT2D eigenvalue weighted by atomic mass is 32.2. The van der Waals surface area contributed by atoms with Crippen molar-refractivity contribution in [3.8, 4) is 0 Å². The van der Waals surface area contributed by atoms with E-state index < -0.39 is 25.5 Å². The molecule has 0 radical (unpaired) electrons. The molecule has 8 heteroatoms. The fraction of sp³-hybridized carbons (Fsp3) is 0.538. The maximum atomic E-state index is 12.4. The molecule has 0 amide bonds. The van der Waals surface area contributed by atoms with Crippen molar-refractivity contribution in [3.05, 3.63) is 24.3 Å². The standard InChI is InChI=1S/C13H17NO5S2/c1-20(16,17)11-4-6-12(7-5-11)21(18,19)14-8-13(15,9-14)10-2-3-10/h4-7,10,15H,2-3,8-9H2,1H3. The summed E-state index contributed by atoms with van der Waals surface area (Å²) in [5, 5.41) is 10.2. The minimum atomic E-state index is -3.66. The Kier molecular flexibility index (Phi) is 3.22. The van der Waals surface area contributed by atoms with Crippen molar-refractivity contribution in [1.29, 1.82) is 0 Å². The zero-order chi connectivity index (χ0) is 15.5. The lowest BCUT2D eigenvalue weighted by Gasteiger charge is -2.45. The Morgan fingerprint density at radius 3 is 1.95 bits per heavy atom. The van der Waals surface area contributed by atoms with Crippen LogP contribution in [0.25, 0.3) is 0 Å². The van der Waals surface area contributed by atoms with Gasteiger partial charge in [0.1, 0.15) is 0 Å². The van der Waals surface area contributed by atoms with Crippen molar-refractivity contribution in [3.63, 3.8) is 0 Å². The topological polar surface area (TPSA) is 91.8 Å². The highest BCUT2D eigenvalue weighted by Crippen LogP contribution is 2.45. The fourth-order valence-electron chi connectivity index (χ4n) is 2.62. The molecular weight excluding hydrogens is 314 g/mol. The Hall–Kier alpha value is -0.960. The van der Waals surface area contributed by atoms with Gasteiger partial charge in [-0.05, 0) is 43.0 Å². The van der Waals surface area contributed by atoms with Gasteiger partial charge in [0.2, 0.25) is 10.0 Å².